The van der Waals surface area contributed by atoms with Crippen LogP contribution >= 0.6 is 12.6 Å². The van der Waals surface area contributed by atoms with Crippen LogP contribution in [-0.4, -0.2) is 29.3 Å². The van der Waals surface area contributed by atoms with E-state index in [-0.39, 0.29) is 36.0 Å². The van der Waals surface area contributed by atoms with Crippen LogP contribution in [-0.2, 0) is 10.1 Å². The van der Waals surface area contributed by atoms with Gasteiger partial charge < -0.3 is 9.66 Å². The summed E-state index contributed by atoms with van der Waals surface area (Å²) >= 11 is 3.46. The second-order valence-electron chi connectivity index (χ2n) is 1.53. The summed E-state index contributed by atoms with van der Waals surface area (Å²) in [5.74, 6) is -0.558. The molecule has 7 heteroatoms. The van der Waals surface area contributed by atoms with Gasteiger partial charge in [-0.2, -0.15) is 0 Å². The molecule has 1 N–H and O–H groups in total. The summed E-state index contributed by atoms with van der Waals surface area (Å²) in [6, 6.07) is 0. The first-order chi connectivity index (χ1) is 3.92. The fraction of sp³-hybridized carbons (Fsp3) is 1.00. The van der Waals surface area contributed by atoms with Crippen molar-refractivity contribution in [3.63, 3.8) is 0 Å². The monoisotopic (exact) mass is 194 g/mol. The van der Waals surface area contributed by atoms with E-state index in [4.69, 9.17) is 5.11 Å². The van der Waals surface area contributed by atoms with E-state index in [1.807, 2.05) is 0 Å². The van der Waals surface area contributed by atoms with Gasteiger partial charge in [-0.25, -0.2) is 8.42 Å². The Morgan fingerprint density at radius 2 is 2.00 bits per heavy atom. The van der Waals surface area contributed by atoms with Crippen LogP contribution in [0.1, 0.15) is 6.42 Å². The van der Waals surface area contributed by atoms with Crippen LogP contribution in [0.5, 0.6) is 0 Å². The molecule has 0 aromatic carbocycles. The van der Waals surface area contributed by atoms with Gasteiger partial charge in [-0.15, -0.1) is 12.6 Å². The second kappa shape index (κ2) is 5.82. The molecule has 0 radical (unpaired) electrons. The number of hydrogen-bond acceptors (Lipinski definition) is 5. The van der Waals surface area contributed by atoms with Gasteiger partial charge in [-0.3, -0.25) is 0 Å². The summed E-state index contributed by atoms with van der Waals surface area (Å²) in [6.07, 6.45) is -0.116. The molecule has 0 spiro atoms. The maximum Gasteiger partial charge on any atom is 1.00 e. The van der Waals surface area contributed by atoms with Crippen LogP contribution in [0.4, 0.5) is 0 Å². The molecule has 0 aliphatic carbocycles. The van der Waals surface area contributed by atoms with E-state index < -0.39 is 21.3 Å². The minimum absolute atomic E-state index is 0. The van der Waals surface area contributed by atoms with E-state index in [1.54, 1.807) is 0 Å². The molecule has 56 valence electrons. The van der Waals surface area contributed by atoms with Crippen molar-refractivity contribution in [1.82, 2.24) is 0 Å². The van der Waals surface area contributed by atoms with Crippen LogP contribution in [0.3, 0.4) is 0 Å². The molecule has 0 aromatic heterocycles. The number of rotatable bonds is 3. The quantitative estimate of drug-likeness (QED) is 0.209. The van der Waals surface area contributed by atoms with Crippen molar-refractivity contribution in [2.24, 2.45) is 0 Å². The molecule has 0 saturated heterocycles. The van der Waals surface area contributed by atoms with Crippen molar-refractivity contribution < 1.29 is 47.6 Å². The van der Waals surface area contributed by atoms with Crippen molar-refractivity contribution in [2.45, 2.75) is 11.9 Å². The fourth-order valence-corrected chi connectivity index (χ4v) is 1.07. The predicted molar refractivity (Wildman–Crippen MR) is 34.2 cm³/mol. The zero-order chi connectivity index (χ0) is 7.49. The molecule has 4 nitrogen and oxygen atoms in total. The van der Waals surface area contributed by atoms with Gasteiger partial charge in [0.15, 0.2) is 0 Å². The normalized spacial score (nSPS) is 13.9. The third kappa shape index (κ3) is 12.0. The van der Waals surface area contributed by atoms with E-state index in [1.165, 1.54) is 0 Å². The molecule has 10 heavy (non-hydrogen) atoms. The summed E-state index contributed by atoms with van der Waals surface area (Å²) in [6.45, 7) is 0. The largest absolute Gasteiger partial charge is 1.00 e. The van der Waals surface area contributed by atoms with Crippen molar-refractivity contribution >= 4 is 22.7 Å². The van der Waals surface area contributed by atoms with E-state index in [9.17, 15) is 13.0 Å². The van der Waals surface area contributed by atoms with Gasteiger partial charge >= 0.3 is 29.6 Å². The SMILES string of the molecule is O=S(=O)([O-])CCC(O)S.[Na+]. The van der Waals surface area contributed by atoms with Gasteiger partial charge in [0.25, 0.3) is 0 Å². The Labute approximate surface area is 87.5 Å². The second-order valence-corrected chi connectivity index (χ2v) is 3.65. The molecule has 0 aliphatic heterocycles. The number of hydrogen-bond donors (Lipinski definition) is 2. The Hall–Kier alpha value is 1.22. The molecule has 0 aromatic rings. The third-order valence-corrected chi connectivity index (χ3v) is 1.62. The van der Waals surface area contributed by atoms with Crippen molar-refractivity contribution in [2.75, 3.05) is 5.75 Å². The van der Waals surface area contributed by atoms with Gasteiger partial charge in [0.1, 0.15) is 0 Å². The van der Waals surface area contributed by atoms with Crippen LogP contribution in [0.15, 0.2) is 0 Å². The maximum absolute atomic E-state index is 9.84. The van der Waals surface area contributed by atoms with Crippen LogP contribution in [0.2, 0.25) is 0 Å². The van der Waals surface area contributed by atoms with Crippen molar-refractivity contribution in [1.29, 1.82) is 0 Å². The van der Waals surface area contributed by atoms with Crippen LogP contribution < -0.4 is 29.6 Å². The van der Waals surface area contributed by atoms with Gasteiger partial charge in [0, 0.05) is 5.75 Å². The van der Waals surface area contributed by atoms with E-state index in [2.05, 4.69) is 12.6 Å². The zero-order valence-electron chi connectivity index (χ0n) is 5.52. The molecule has 0 fully saturated rings. The molecule has 0 amide bonds. The summed E-state index contributed by atoms with van der Waals surface area (Å²) in [5, 5.41) is 8.38. The minimum Gasteiger partial charge on any atom is -0.748 e. The molecular weight excluding hydrogens is 187 g/mol. The predicted octanol–water partition coefficient (Wildman–Crippen LogP) is -3.83. The number of thiol groups is 1. The first-order valence-corrected chi connectivity index (χ1v) is 4.31. The first-order valence-electron chi connectivity index (χ1n) is 2.21. The third-order valence-electron chi connectivity index (χ3n) is 0.626. The zero-order valence-corrected chi connectivity index (χ0v) is 9.23. The molecule has 0 bridgehead atoms. The number of aliphatic hydroxyl groups excluding tert-OH is 1. The summed E-state index contributed by atoms with van der Waals surface area (Å²) < 4.78 is 29.5. The van der Waals surface area contributed by atoms with Gasteiger partial charge in [-0.05, 0) is 6.42 Å². The first kappa shape index (κ1) is 13.8. The Balaban J connectivity index is 0. The smallest absolute Gasteiger partial charge is 0.748 e. The standard InChI is InChI=1S/C3H8O4S2.Na/c4-3(8)1-2-9(5,6)7;/h3-4,8H,1-2H2,(H,5,6,7);/q;+1/p-1. The summed E-state index contributed by atoms with van der Waals surface area (Å²) in [5.41, 5.74) is -1.02. The fourth-order valence-electron chi connectivity index (χ4n) is 0.250. The molecule has 0 rings (SSSR count). The van der Waals surface area contributed by atoms with E-state index >= 15 is 0 Å². The molecular formula is C3H7NaO4S2. The Bertz CT molecular complexity index is 163. The topological polar surface area (TPSA) is 77.4 Å². The van der Waals surface area contributed by atoms with Crippen molar-refractivity contribution in [3.05, 3.63) is 0 Å². The summed E-state index contributed by atoms with van der Waals surface area (Å²) in [7, 11) is -4.18. The maximum atomic E-state index is 9.84. The van der Waals surface area contributed by atoms with E-state index in [0.29, 0.717) is 0 Å². The van der Waals surface area contributed by atoms with Gasteiger partial charge in [0.05, 0.1) is 15.6 Å². The van der Waals surface area contributed by atoms with Gasteiger partial charge in [0.2, 0.25) is 0 Å². The molecule has 0 saturated carbocycles. The molecule has 1 unspecified atom stereocenters. The molecule has 0 aliphatic rings. The average Bonchev–Trinajstić information content (AvgIpc) is 1.59. The Kier molecular flexibility index (Phi) is 8.02. The van der Waals surface area contributed by atoms with Gasteiger partial charge in [-0.1, -0.05) is 0 Å². The molecule has 1 atom stereocenters. The number of aliphatic hydroxyl groups is 1. The van der Waals surface area contributed by atoms with E-state index in [0.717, 1.165) is 0 Å². The Morgan fingerprint density at radius 3 is 2.10 bits per heavy atom. The van der Waals surface area contributed by atoms with Crippen LogP contribution in [0.25, 0.3) is 0 Å². The summed E-state index contributed by atoms with van der Waals surface area (Å²) in [4.78, 5) is 0. The minimum atomic E-state index is -4.18. The van der Waals surface area contributed by atoms with Crippen LogP contribution in [0, 0.1) is 0 Å². The Morgan fingerprint density at radius 1 is 1.60 bits per heavy atom. The average molecular weight is 194 g/mol. The molecule has 0 heterocycles. The van der Waals surface area contributed by atoms with Crippen molar-refractivity contribution in [3.8, 4) is 0 Å².